The zero-order chi connectivity index (χ0) is 13.1. The minimum Gasteiger partial charge on any atom is -0.467 e. The van der Waals surface area contributed by atoms with E-state index in [2.05, 4.69) is 14.9 Å². The summed E-state index contributed by atoms with van der Waals surface area (Å²) in [7, 11) is 3.55. The number of nitrogens with zero attached hydrogens (tertiary/aromatic N) is 3. The first-order chi connectivity index (χ1) is 8.67. The lowest BCUT2D eigenvalue weighted by Crippen LogP contribution is -2.38. The standard InChI is InChI=1S/C12H19ClN4O/c1-17(10-5-3-4-8(10)6-14)11-9(13)7-15-12(16-11)18-2/h7-8,10H,3-6,14H2,1-2H3. The summed E-state index contributed by atoms with van der Waals surface area (Å²) >= 11 is 6.16. The highest BCUT2D eigenvalue weighted by Gasteiger charge is 2.31. The van der Waals surface area contributed by atoms with Gasteiger partial charge in [0.1, 0.15) is 5.02 Å². The van der Waals surface area contributed by atoms with Crippen molar-refractivity contribution in [3.8, 4) is 6.01 Å². The maximum atomic E-state index is 6.16. The summed E-state index contributed by atoms with van der Waals surface area (Å²) in [4.78, 5) is 10.4. The van der Waals surface area contributed by atoms with Gasteiger partial charge in [0.05, 0.1) is 13.3 Å². The fourth-order valence-corrected chi connectivity index (χ4v) is 2.87. The number of anilines is 1. The van der Waals surface area contributed by atoms with Crippen LogP contribution in [0, 0.1) is 5.92 Å². The number of ether oxygens (including phenoxy) is 1. The molecular weight excluding hydrogens is 252 g/mol. The molecule has 1 aromatic rings. The predicted molar refractivity (Wildman–Crippen MR) is 72.2 cm³/mol. The first kappa shape index (κ1) is 13.4. The first-order valence-electron chi connectivity index (χ1n) is 6.16. The molecule has 0 saturated heterocycles. The van der Waals surface area contributed by atoms with Gasteiger partial charge < -0.3 is 15.4 Å². The lowest BCUT2D eigenvalue weighted by molar-refractivity contribution is 0.378. The zero-order valence-electron chi connectivity index (χ0n) is 10.8. The fraction of sp³-hybridized carbons (Fsp3) is 0.667. The zero-order valence-corrected chi connectivity index (χ0v) is 11.5. The van der Waals surface area contributed by atoms with Crippen LogP contribution in [0.3, 0.4) is 0 Å². The highest BCUT2D eigenvalue weighted by molar-refractivity contribution is 6.32. The summed E-state index contributed by atoms with van der Waals surface area (Å²) < 4.78 is 5.04. The van der Waals surface area contributed by atoms with Gasteiger partial charge in [-0.15, -0.1) is 0 Å². The molecule has 1 heterocycles. The Morgan fingerprint density at radius 3 is 3.00 bits per heavy atom. The molecule has 0 aromatic carbocycles. The smallest absolute Gasteiger partial charge is 0.318 e. The van der Waals surface area contributed by atoms with Crippen molar-refractivity contribution >= 4 is 17.4 Å². The van der Waals surface area contributed by atoms with Crippen molar-refractivity contribution in [1.82, 2.24) is 9.97 Å². The first-order valence-corrected chi connectivity index (χ1v) is 6.54. The Morgan fingerprint density at radius 1 is 1.56 bits per heavy atom. The quantitative estimate of drug-likeness (QED) is 0.902. The van der Waals surface area contributed by atoms with E-state index < -0.39 is 0 Å². The van der Waals surface area contributed by atoms with Gasteiger partial charge in [-0.2, -0.15) is 4.98 Å². The van der Waals surface area contributed by atoms with Crippen LogP contribution in [0.1, 0.15) is 19.3 Å². The van der Waals surface area contributed by atoms with Crippen molar-refractivity contribution in [2.45, 2.75) is 25.3 Å². The number of rotatable bonds is 4. The Morgan fingerprint density at radius 2 is 2.33 bits per heavy atom. The van der Waals surface area contributed by atoms with Crippen LogP contribution in [0.4, 0.5) is 5.82 Å². The second kappa shape index (κ2) is 5.71. The average molecular weight is 271 g/mol. The van der Waals surface area contributed by atoms with E-state index in [9.17, 15) is 0 Å². The molecule has 6 heteroatoms. The van der Waals surface area contributed by atoms with Gasteiger partial charge in [0.2, 0.25) is 0 Å². The maximum absolute atomic E-state index is 6.16. The number of hydrogen-bond acceptors (Lipinski definition) is 5. The Balaban J connectivity index is 2.24. The molecule has 1 fully saturated rings. The molecule has 2 unspecified atom stereocenters. The summed E-state index contributed by atoms with van der Waals surface area (Å²) in [6, 6.07) is 0.732. The maximum Gasteiger partial charge on any atom is 0.318 e. The van der Waals surface area contributed by atoms with Gasteiger partial charge in [-0.25, -0.2) is 4.98 Å². The molecule has 1 aromatic heterocycles. The normalized spacial score (nSPS) is 23.1. The Labute approximate surface area is 112 Å². The number of nitrogens with two attached hydrogens (primary N) is 1. The predicted octanol–water partition coefficient (Wildman–Crippen LogP) is 1.70. The molecular formula is C12H19ClN4O. The lowest BCUT2D eigenvalue weighted by Gasteiger charge is -2.30. The Hall–Kier alpha value is -1.07. The van der Waals surface area contributed by atoms with Gasteiger partial charge in [0.25, 0.3) is 0 Å². The van der Waals surface area contributed by atoms with E-state index in [1.54, 1.807) is 13.3 Å². The van der Waals surface area contributed by atoms with E-state index >= 15 is 0 Å². The minimum atomic E-state index is 0.337. The van der Waals surface area contributed by atoms with Gasteiger partial charge in [-0.1, -0.05) is 18.0 Å². The molecule has 0 radical (unpaired) electrons. The molecule has 1 aliphatic carbocycles. The largest absolute Gasteiger partial charge is 0.467 e. The molecule has 5 nitrogen and oxygen atoms in total. The third-order valence-electron chi connectivity index (χ3n) is 3.64. The number of halogens is 1. The van der Waals surface area contributed by atoms with E-state index in [1.807, 2.05) is 7.05 Å². The Bertz CT molecular complexity index is 415. The van der Waals surface area contributed by atoms with Crippen LogP contribution in [0.5, 0.6) is 6.01 Å². The number of aromatic nitrogens is 2. The summed E-state index contributed by atoms with van der Waals surface area (Å²) in [5, 5.41) is 0.543. The van der Waals surface area contributed by atoms with Gasteiger partial charge in [0.15, 0.2) is 5.82 Å². The molecule has 1 saturated carbocycles. The molecule has 2 N–H and O–H groups in total. The molecule has 0 amide bonds. The SMILES string of the molecule is COc1ncc(Cl)c(N(C)C2CCCC2CN)n1. The number of hydrogen-bond donors (Lipinski definition) is 1. The van der Waals surface area contributed by atoms with Gasteiger partial charge in [-0.3, -0.25) is 0 Å². The van der Waals surface area contributed by atoms with Gasteiger partial charge in [-0.05, 0) is 25.3 Å². The monoisotopic (exact) mass is 270 g/mol. The highest BCUT2D eigenvalue weighted by atomic mass is 35.5. The van der Waals surface area contributed by atoms with Crippen LogP contribution in [-0.2, 0) is 0 Å². The van der Waals surface area contributed by atoms with Crippen LogP contribution in [0.2, 0.25) is 5.02 Å². The van der Waals surface area contributed by atoms with Crippen molar-refractivity contribution < 1.29 is 4.74 Å². The van der Waals surface area contributed by atoms with Crippen LogP contribution in [0.15, 0.2) is 6.20 Å². The third kappa shape index (κ3) is 2.52. The van der Waals surface area contributed by atoms with Gasteiger partial charge in [0, 0.05) is 13.1 Å². The van der Waals surface area contributed by atoms with Crippen molar-refractivity contribution in [3.63, 3.8) is 0 Å². The van der Waals surface area contributed by atoms with Crippen LogP contribution in [0.25, 0.3) is 0 Å². The molecule has 1 aliphatic rings. The summed E-state index contributed by atoms with van der Waals surface area (Å²) in [6.07, 6.45) is 5.08. The summed E-state index contributed by atoms with van der Waals surface area (Å²) in [6.45, 7) is 0.703. The van der Waals surface area contributed by atoms with Crippen molar-refractivity contribution in [1.29, 1.82) is 0 Å². The fourth-order valence-electron chi connectivity index (χ4n) is 2.65. The van der Waals surface area contributed by atoms with Crippen molar-refractivity contribution in [3.05, 3.63) is 11.2 Å². The van der Waals surface area contributed by atoms with Gasteiger partial charge >= 0.3 is 6.01 Å². The highest BCUT2D eigenvalue weighted by Crippen LogP contribution is 2.33. The second-order valence-electron chi connectivity index (χ2n) is 4.63. The van der Waals surface area contributed by atoms with Crippen LogP contribution < -0.4 is 15.4 Å². The topological polar surface area (TPSA) is 64.3 Å². The minimum absolute atomic E-state index is 0.337. The van der Waals surface area contributed by atoms with Crippen LogP contribution >= 0.6 is 11.6 Å². The summed E-state index contributed by atoms with van der Waals surface area (Å²) in [5.74, 6) is 1.22. The Kier molecular flexibility index (Phi) is 4.24. The molecule has 0 aliphatic heterocycles. The van der Waals surface area contributed by atoms with E-state index in [-0.39, 0.29) is 0 Å². The second-order valence-corrected chi connectivity index (χ2v) is 5.04. The van der Waals surface area contributed by atoms with Crippen LogP contribution in [-0.4, -0.2) is 36.7 Å². The summed E-state index contributed by atoms with van der Waals surface area (Å²) in [5.41, 5.74) is 5.82. The number of methoxy groups -OCH3 is 1. The van der Waals surface area contributed by atoms with E-state index in [0.717, 1.165) is 6.42 Å². The van der Waals surface area contributed by atoms with Crippen molar-refractivity contribution in [2.24, 2.45) is 11.7 Å². The van der Waals surface area contributed by atoms with E-state index in [0.29, 0.717) is 35.4 Å². The average Bonchev–Trinajstić information content (AvgIpc) is 2.86. The third-order valence-corrected chi connectivity index (χ3v) is 3.91. The molecule has 100 valence electrons. The lowest BCUT2D eigenvalue weighted by atomic mass is 10.0. The van der Waals surface area contributed by atoms with E-state index in [4.69, 9.17) is 22.1 Å². The molecule has 2 atom stereocenters. The van der Waals surface area contributed by atoms with Crippen molar-refractivity contribution in [2.75, 3.05) is 25.6 Å². The molecule has 0 bridgehead atoms. The van der Waals surface area contributed by atoms with E-state index in [1.165, 1.54) is 12.8 Å². The molecule has 18 heavy (non-hydrogen) atoms. The molecule has 2 rings (SSSR count). The molecule has 0 spiro atoms.